The molecule has 0 radical (unpaired) electrons. The van der Waals surface area contributed by atoms with Crippen molar-refractivity contribution in [3.63, 3.8) is 0 Å². The zero-order valence-electron chi connectivity index (χ0n) is 13.2. The Morgan fingerprint density at radius 2 is 1.84 bits per heavy atom. The van der Waals surface area contributed by atoms with Gasteiger partial charge in [-0.25, -0.2) is 4.79 Å². The SMILES string of the molecule is CCOc1ccc(C(=O)COC(=O)c2ccc([N+](=O)[O-])cc2Cl)cc1. The molecular formula is C17H14ClNO6. The van der Waals surface area contributed by atoms with Crippen LogP contribution >= 0.6 is 11.6 Å². The van der Waals surface area contributed by atoms with E-state index < -0.39 is 23.3 Å². The topological polar surface area (TPSA) is 95.7 Å². The van der Waals surface area contributed by atoms with Gasteiger partial charge in [-0.1, -0.05) is 11.6 Å². The summed E-state index contributed by atoms with van der Waals surface area (Å²) in [7, 11) is 0. The lowest BCUT2D eigenvalue weighted by Gasteiger charge is -2.07. The molecule has 2 aromatic rings. The number of nitro benzene ring substituents is 1. The molecule has 0 heterocycles. The second-order valence-electron chi connectivity index (χ2n) is 4.88. The predicted octanol–water partition coefficient (Wildman–Crippen LogP) is 3.69. The van der Waals surface area contributed by atoms with E-state index in [9.17, 15) is 19.7 Å². The molecule has 8 heteroatoms. The van der Waals surface area contributed by atoms with Crippen molar-refractivity contribution in [2.24, 2.45) is 0 Å². The molecule has 0 aliphatic heterocycles. The van der Waals surface area contributed by atoms with Crippen molar-refractivity contribution in [2.75, 3.05) is 13.2 Å². The van der Waals surface area contributed by atoms with E-state index in [0.717, 1.165) is 12.1 Å². The molecule has 0 fully saturated rings. The molecule has 0 saturated heterocycles. The Balaban J connectivity index is 1.99. The third-order valence-electron chi connectivity index (χ3n) is 3.21. The number of hydrogen-bond acceptors (Lipinski definition) is 6. The molecule has 0 bridgehead atoms. The second kappa shape index (κ2) is 8.25. The lowest BCUT2D eigenvalue weighted by Crippen LogP contribution is -2.14. The van der Waals surface area contributed by atoms with Crippen molar-refractivity contribution in [1.29, 1.82) is 0 Å². The summed E-state index contributed by atoms with van der Waals surface area (Å²) in [6.07, 6.45) is 0. The van der Waals surface area contributed by atoms with E-state index in [1.165, 1.54) is 6.07 Å². The van der Waals surface area contributed by atoms with Crippen molar-refractivity contribution in [1.82, 2.24) is 0 Å². The standard InChI is InChI=1S/C17H14ClNO6/c1-2-24-13-6-3-11(4-7-13)16(20)10-25-17(21)14-8-5-12(19(22)23)9-15(14)18/h3-9H,2,10H2,1H3. The third-order valence-corrected chi connectivity index (χ3v) is 3.52. The molecule has 0 aromatic heterocycles. The average Bonchev–Trinajstić information content (AvgIpc) is 2.60. The second-order valence-corrected chi connectivity index (χ2v) is 5.29. The first kappa shape index (κ1) is 18.4. The summed E-state index contributed by atoms with van der Waals surface area (Å²) >= 11 is 5.84. The molecule has 0 saturated carbocycles. The van der Waals surface area contributed by atoms with Crippen LogP contribution in [-0.2, 0) is 4.74 Å². The van der Waals surface area contributed by atoms with E-state index in [-0.39, 0.29) is 16.3 Å². The zero-order valence-corrected chi connectivity index (χ0v) is 14.0. The number of Topliss-reactive ketones (excluding diaryl/α,β-unsaturated/α-hetero) is 1. The minimum Gasteiger partial charge on any atom is -0.494 e. The summed E-state index contributed by atoms with van der Waals surface area (Å²) in [6, 6.07) is 9.80. The average molecular weight is 364 g/mol. The molecule has 2 rings (SSSR count). The highest BCUT2D eigenvalue weighted by Gasteiger charge is 2.17. The Morgan fingerprint density at radius 3 is 2.40 bits per heavy atom. The van der Waals surface area contributed by atoms with Crippen LogP contribution in [0.5, 0.6) is 5.75 Å². The van der Waals surface area contributed by atoms with E-state index in [1.54, 1.807) is 24.3 Å². The van der Waals surface area contributed by atoms with Crippen LogP contribution in [0.2, 0.25) is 5.02 Å². The van der Waals surface area contributed by atoms with Crippen LogP contribution in [0.25, 0.3) is 0 Å². The number of hydrogen-bond donors (Lipinski definition) is 0. The molecule has 25 heavy (non-hydrogen) atoms. The maximum Gasteiger partial charge on any atom is 0.340 e. The molecule has 0 aliphatic carbocycles. The molecule has 2 aromatic carbocycles. The van der Waals surface area contributed by atoms with E-state index in [0.29, 0.717) is 17.9 Å². The fraction of sp³-hybridized carbons (Fsp3) is 0.176. The van der Waals surface area contributed by atoms with Crippen LogP contribution in [0, 0.1) is 10.1 Å². The van der Waals surface area contributed by atoms with Gasteiger partial charge in [0.2, 0.25) is 0 Å². The van der Waals surface area contributed by atoms with Gasteiger partial charge in [0, 0.05) is 17.7 Å². The van der Waals surface area contributed by atoms with Crippen LogP contribution in [0.4, 0.5) is 5.69 Å². The molecule has 0 aliphatic rings. The van der Waals surface area contributed by atoms with Gasteiger partial charge in [0.25, 0.3) is 5.69 Å². The Labute approximate surface area is 148 Å². The number of non-ortho nitro benzene ring substituents is 1. The highest BCUT2D eigenvalue weighted by atomic mass is 35.5. The highest BCUT2D eigenvalue weighted by Crippen LogP contribution is 2.23. The molecule has 0 N–H and O–H groups in total. The van der Waals surface area contributed by atoms with Gasteiger partial charge in [-0.2, -0.15) is 0 Å². The number of nitrogens with zero attached hydrogens (tertiary/aromatic N) is 1. The predicted molar refractivity (Wildman–Crippen MR) is 90.3 cm³/mol. The maximum atomic E-state index is 12.0. The van der Waals surface area contributed by atoms with Crippen molar-refractivity contribution >= 4 is 29.0 Å². The number of halogens is 1. The first-order chi connectivity index (χ1) is 11.9. The summed E-state index contributed by atoms with van der Waals surface area (Å²) in [5, 5.41) is 10.5. The minimum atomic E-state index is -0.834. The lowest BCUT2D eigenvalue weighted by molar-refractivity contribution is -0.384. The van der Waals surface area contributed by atoms with Gasteiger partial charge in [0.15, 0.2) is 12.4 Å². The van der Waals surface area contributed by atoms with Gasteiger partial charge < -0.3 is 9.47 Å². The van der Waals surface area contributed by atoms with Crippen molar-refractivity contribution in [3.05, 3.63) is 68.7 Å². The van der Waals surface area contributed by atoms with Gasteiger partial charge in [-0.15, -0.1) is 0 Å². The molecule has 7 nitrogen and oxygen atoms in total. The first-order valence-electron chi connectivity index (χ1n) is 7.29. The minimum absolute atomic E-state index is 0.0493. The Kier molecular flexibility index (Phi) is 6.08. The highest BCUT2D eigenvalue weighted by molar-refractivity contribution is 6.33. The normalized spacial score (nSPS) is 10.2. The monoisotopic (exact) mass is 363 g/mol. The molecule has 130 valence electrons. The molecule has 0 spiro atoms. The molecular weight excluding hydrogens is 350 g/mol. The number of rotatable bonds is 7. The van der Waals surface area contributed by atoms with E-state index in [1.807, 2.05) is 6.92 Å². The van der Waals surface area contributed by atoms with E-state index >= 15 is 0 Å². The van der Waals surface area contributed by atoms with Crippen LogP contribution in [0.3, 0.4) is 0 Å². The van der Waals surface area contributed by atoms with Crippen LogP contribution in [0.1, 0.15) is 27.6 Å². The van der Waals surface area contributed by atoms with E-state index in [2.05, 4.69) is 0 Å². The Morgan fingerprint density at radius 1 is 1.16 bits per heavy atom. The molecule has 0 amide bonds. The number of benzene rings is 2. The fourth-order valence-electron chi connectivity index (χ4n) is 1.98. The summed E-state index contributed by atoms with van der Waals surface area (Å²) in [6.45, 7) is 1.89. The van der Waals surface area contributed by atoms with Gasteiger partial charge in [-0.3, -0.25) is 14.9 Å². The van der Waals surface area contributed by atoms with Gasteiger partial charge >= 0.3 is 5.97 Å². The number of esters is 1. The smallest absolute Gasteiger partial charge is 0.340 e. The van der Waals surface area contributed by atoms with Gasteiger partial charge in [0.05, 0.1) is 22.1 Å². The number of nitro groups is 1. The van der Waals surface area contributed by atoms with Crippen molar-refractivity contribution in [3.8, 4) is 5.75 Å². The number of carbonyl (C=O) groups is 2. The number of ether oxygens (including phenoxy) is 2. The number of ketones is 1. The fourth-order valence-corrected chi connectivity index (χ4v) is 2.23. The summed E-state index contributed by atoms with van der Waals surface area (Å²) in [5.74, 6) is -0.595. The molecule has 0 unspecified atom stereocenters. The Hall–Kier alpha value is -2.93. The summed E-state index contributed by atoms with van der Waals surface area (Å²) in [5.41, 5.74) is 0.0739. The number of carbonyl (C=O) groups excluding carboxylic acids is 2. The third kappa shape index (κ3) is 4.77. The van der Waals surface area contributed by atoms with Gasteiger partial charge in [0.1, 0.15) is 5.75 Å². The van der Waals surface area contributed by atoms with Crippen molar-refractivity contribution in [2.45, 2.75) is 6.92 Å². The van der Waals surface area contributed by atoms with E-state index in [4.69, 9.17) is 21.1 Å². The van der Waals surface area contributed by atoms with Crippen molar-refractivity contribution < 1.29 is 24.0 Å². The van der Waals surface area contributed by atoms with Crippen LogP contribution in [0.15, 0.2) is 42.5 Å². The first-order valence-corrected chi connectivity index (χ1v) is 7.67. The lowest BCUT2D eigenvalue weighted by atomic mass is 10.1. The van der Waals surface area contributed by atoms with Crippen LogP contribution in [-0.4, -0.2) is 29.9 Å². The maximum absolute atomic E-state index is 12.0. The summed E-state index contributed by atoms with van der Waals surface area (Å²) in [4.78, 5) is 34.0. The van der Waals surface area contributed by atoms with Gasteiger partial charge in [-0.05, 0) is 37.3 Å². The quantitative estimate of drug-likeness (QED) is 0.322. The largest absolute Gasteiger partial charge is 0.494 e. The summed E-state index contributed by atoms with van der Waals surface area (Å²) < 4.78 is 10.2. The zero-order chi connectivity index (χ0) is 18.4. The molecule has 0 atom stereocenters. The van der Waals surface area contributed by atoms with Crippen LogP contribution < -0.4 is 4.74 Å². The Bertz CT molecular complexity index is 803.